The Kier molecular flexibility index (Phi) is 2.05. The van der Waals surface area contributed by atoms with Crippen molar-refractivity contribution in [1.82, 2.24) is 0 Å². The van der Waals surface area contributed by atoms with Crippen LogP contribution in [0.15, 0.2) is 24.3 Å². The van der Waals surface area contributed by atoms with Crippen LogP contribution in [0.5, 0.6) is 0 Å². The van der Waals surface area contributed by atoms with E-state index in [0.717, 1.165) is 23.8 Å². The molecule has 1 aliphatic rings. The van der Waals surface area contributed by atoms with Crippen molar-refractivity contribution in [3.63, 3.8) is 0 Å². The minimum absolute atomic E-state index is 0.107. The zero-order valence-electron chi connectivity index (χ0n) is 9.01. The number of benzene rings is 2. The summed E-state index contributed by atoms with van der Waals surface area (Å²) in [7, 11) is 0. The first kappa shape index (κ1) is 9.86. The number of hydrogen-bond acceptors (Lipinski definition) is 1. The Labute approximate surface area is 99.0 Å². The van der Waals surface area contributed by atoms with Gasteiger partial charge in [0.2, 0.25) is 0 Å². The molecule has 0 bridgehead atoms. The van der Waals surface area contributed by atoms with Gasteiger partial charge in [-0.3, -0.25) is 4.79 Å². The van der Waals surface area contributed by atoms with Gasteiger partial charge in [-0.25, -0.2) is 0 Å². The Balaban J connectivity index is 2.51. The number of hydrogen-bond donors (Lipinski definition) is 0. The number of Topliss-reactive ketones (excluding diaryl/α,β-unsaturated/α-hetero) is 1. The topological polar surface area (TPSA) is 17.1 Å². The van der Waals surface area contributed by atoms with E-state index in [-0.39, 0.29) is 5.78 Å². The molecule has 0 heterocycles. The molecule has 0 saturated heterocycles. The highest BCUT2D eigenvalue weighted by atomic mass is 35.5. The lowest BCUT2D eigenvalue weighted by molar-refractivity contribution is 0.101. The van der Waals surface area contributed by atoms with Crippen LogP contribution in [0, 0.1) is 0 Å². The van der Waals surface area contributed by atoms with Crippen LogP contribution in [0.25, 0.3) is 10.8 Å². The summed E-state index contributed by atoms with van der Waals surface area (Å²) in [6.07, 6.45) is 1.98. The van der Waals surface area contributed by atoms with Crippen molar-refractivity contribution in [1.29, 1.82) is 0 Å². The van der Waals surface area contributed by atoms with Gasteiger partial charge in [-0.1, -0.05) is 29.8 Å². The lowest BCUT2D eigenvalue weighted by Crippen LogP contribution is -1.98. The van der Waals surface area contributed by atoms with Gasteiger partial charge in [-0.05, 0) is 42.3 Å². The summed E-state index contributed by atoms with van der Waals surface area (Å²) in [5.41, 5.74) is 3.29. The average molecular weight is 231 g/mol. The lowest BCUT2D eigenvalue weighted by Gasteiger charge is -2.08. The monoisotopic (exact) mass is 230 g/mol. The zero-order chi connectivity index (χ0) is 11.3. The van der Waals surface area contributed by atoms with Crippen molar-refractivity contribution in [2.75, 3.05) is 0 Å². The molecule has 0 amide bonds. The van der Waals surface area contributed by atoms with Crippen molar-refractivity contribution in [3.8, 4) is 0 Å². The summed E-state index contributed by atoms with van der Waals surface area (Å²) in [6, 6.07) is 8.00. The van der Waals surface area contributed by atoms with Gasteiger partial charge >= 0.3 is 0 Å². The molecule has 0 spiro atoms. The van der Waals surface area contributed by atoms with Gasteiger partial charge in [0.05, 0.1) is 0 Å². The van der Waals surface area contributed by atoms with Crippen molar-refractivity contribution in [2.24, 2.45) is 0 Å². The van der Waals surface area contributed by atoms with Crippen LogP contribution in [0.4, 0.5) is 0 Å². The van der Waals surface area contributed by atoms with Gasteiger partial charge in [-0.2, -0.15) is 0 Å². The molecule has 2 heteroatoms. The maximum absolute atomic E-state index is 11.6. The third-order valence-corrected chi connectivity index (χ3v) is 3.64. The van der Waals surface area contributed by atoms with Crippen molar-refractivity contribution in [2.45, 2.75) is 19.8 Å². The Morgan fingerprint density at radius 2 is 2.12 bits per heavy atom. The van der Waals surface area contributed by atoms with Crippen molar-refractivity contribution in [3.05, 3.63) is 46.0 Å². The third kappa shape index (κ3) is 1.21. The van der Waals surface area contributed by atoms with Crippen LogP contribution in [-0.2, 0) is 12.8 Å². The van der Waals surface area contributed by atoms with E-state index in [1.54, 1.807) is 6.92 Å². The molecule has 0 fully saturated rings. The van der Waals surface area contributed by atoms with E-state index in [1.165, 1.54) is 16.5 Å². The quantitative estimate of drug-likeness (QED) is 0.682. The Morgan fingerprint density at radius 1 is 1.31 bits per heavy atom. The molecule has 80 valence electrons. The highest BCUT2D eigenvalue weighted by Crippen LogP contribution is 2.37. The molecule has 1 aliphatic carbocycles. The molecular formula is C14H11ClO. The number of ketones is 1. The van der Waals surface area contributed by atoms with Crippen LogP contribution in [0.3, 0.4) is 0 Å². The SMILES string of the molecule is CC(=O)c1cc(Cl)c2cccc3c2c1CC3. The molecule has 2 aromatic carbocycles. The molecule has 1 nitrogen and oxygen atoms in total. The maximum atomic E-state index is 11.6. The van der Waals surface area contributed by atoms with Crippen LogP contribution in [0.2, 0.25) is 5.02 Å². The molecule has 2 aromatic rings. The van der Waals surface area contributed by atoms with E-state index in [1.807, 2.05) is 18.2 Å². The van der Waals surface area contributed by atoms with Crippen LogP contribution >= 0.6 is 11.6 Å². The normalized spacial score (nSPS) is 13.4. The summed E-state index contributed by atoms with van der Waals surface area (Å²) in [5.74, 6) is 0.107. The highest BCUT2D eigenvalue weighted by molar-refractivity contribution is 6.36. The standard InChI is InChI=1S/C14H11ClO/c1-8(16)12-7-13(15)11-4-2-3-9-5-6-10(12)14(9)11/h2-4,7H,5-6H2,1H3. The zero-order valence-corrected chi connectivity index (χ0v) is 9.77. The number of aryl methyl sites for hydroxylation is 2. The summed E-state index contributed by atoms with van der Waals surface area (Å²) in [6.45, 7) is 1.61. The second-order valence-corrected chi connectivity index (χ2v) is 4.69. The number of halogens is 1. The molecule has 0 unspecified atom stereocenters. The van der Waals surface area contributed by atoms with Crippen LogP contribution in [-0.4, -0.2) is 5.78 Å². The fourth-order valence-corrected chi connectivity index (χ4v) is 2.89. The summed E-state index contributed by atoms with van der Waals surface area (Å²) < 4.78 is 0. The smallest absolute Gasteiger partial charge is 0.160 e. The Morgan fingerprint density at radius 3 is 2.88 bits per heavy atom. The van der Waals surface area contributed by atoms with Crippen molar-refractivity contribution < 1.29 is 4.79 Å². The highest BCUT2D eigenvalue weighted by Gasteiger charge is 2.20. The van der Waals surface area contributed by atoms with E-state index in [9.17, 15) is 4.79 Å². The Hall–Kier alpha value is -1.34. The molecule has 0 atom stereocenters. The fraction of sp³-hybridized carbons (Fsp3) is 0.214. The summed E-state index contributed by atoms with van der Waals surface area (Å²) >= 11 is 6.23. The van der Waals surface area contributed by atoms with Gasteiger partial charge in [0.25, 0.3) is 0 Å². The summed E-state index contributed by atoms with van der Waals surface area (Å²) in [5, 5.41) is 2.98. The minimum Gasteiger partial charge on any atom is -0.294 e. The van der Waals surface area contributed by atoms with Gasteiger partial charge in [-0.15, -0.1) is 0 Å². The van der Waals surface area contributed by atoms with E-state index < -0.39 is 0 Å². The van der Waals surface area contributed by atoms with E-state index in [4.69, 9.17) is 11.6 Å². The second kappa shape index (κ2) is 3.33. The van der Waals surface area contributed by atoms with Crippen LogP contribution in [0.1, 0.15) is 28.4 Å². The number of rotatable bonds is 1. The first-order valence-corrected chi connectivity index (χ1v) is 5.80. The lowest BCUT2D eigenvalue weighted by atomic mass is 9.98. The third-order valence-electron chi connectivity index (χ3n) is 3.33. The van der Waals surface area contributed by atoms with Crippen LogP contribution < -0.4 is 0 Å². The molecular weight excluding hydrogens is 220 g/mol. The molecule has 16 heavy (non-hydrogen) atoms. The molecule has 0 aromatic heterocycles. The predicted molar refractivity (Wildman–Crippen MR) is 66.4 cm³/mol. The second-order valence-electron chi connectivity index (χ2n) is 4.28. The molecule has 0 radical (unpaired) electrons. The van der Waals surface area contributed by atoms with E-state index in [2.05, 4.69) is 6.07 Å². The fourth-order valence-electron chi connectivity index (χ4n) is 2.62. The molecule has 0 aliphatic heterocycles. The molecule has 3 rings (SSSR count). The minimum atomic E-state index is 0.107. The maximum Gasteiger partial charge on any atom is 0.160 e. The van der Waals surface area contributed by atoms with Crippen molar-refractivity contribution >= 4 is 28.2 Å². The first-order valence-electron chi connectivity index (χ1n) is 5.42. The van der Waals surface area contributed by atoms with E-state index >= 15 is 0 Å². The van der Waals surface area contributed by atoms with Gasteiger partial charge in [0, 0.05) is 16.0 Å². The largest absolute Gasteiger partial charge is 0.294 e. The summed E-state index contributed by atoms with van der Waals surface area (Å²) in [4.78, 5) is 11.6. The predicted octanol–water partition coefficient (Wildman–Crippen LogP) is 3.79. The van der Waals surface area contributed by atoms with E-state index in [0.29, 0.717) is 5.02 Å². The van der Waals surface area contributed by atoms with Gasteiger partial charge in [0.1, 0.15) is 0 Å². The van der Waals surface area contributed by atoms with Gasteiger partial charge in [0.15, 0.2) is 5.78 Å². The molecule has 0 N–H and O–H groups in total. The average Bonchev–Trinajstić information content (AvgIpc) is 2.68. The van der Waals surface area contributed by atoms with Gasteiger partial charge < -0.3 is 0 Å². The first-order chi connectivity index (χ1) is 7.68. The Bertz CT molecular complexity index is 614. The molecule has 0 saturated carbocycles. The number of carbonyl (C=O) groups excluding carboxylic acids is 1. The number of carbonyl (C=O) groups is 1.